The number of halogens is 1. The van der Waals surface area contributed by atoms with E-state index in [1.165, 1.54) is 0 Å². The fourth-order valence-corrected chi connectivity index (χ4v) is 2.57. The van der Waals surface area contributed by atoms with Gasteiger partial charge in [-0.25, -0.2) is 0 Å². The largest absolute Gasteiger partial charge is 0.392 e. The number of aliphatic hydroxyl groups excluding tert-OH is 1. The molecule has 86 valence electrons. The van der Waals surface area contributed by atoms with Crippen LogP contribution in [0.15, 0.2) is 22.7 Å². The predicted octanol–water partition coefficient (Wildman–Crippen LogP) is 1.98. The van der Waals surface area contributed by atoms with Crippen LogP contribution in [0.2, 0.25) is 0 Å². The van der Waals surface area contributed by atoms with Gasteiger partial charge in [-0.05, 0) is 33.6 Å². The highest BCUT2D eigenvalue weighted by atomic mass is 79.9. The van der Waals surface area contributed by atoms with Gasteiger partial charge >= 0.3 is 0 Å². The van der Waals surface area contributed by atoms with E-state index >= 15 is 0 Å². The zero-order valence-electron chi connectivity index (χ0n) is 8.56. The van der Waals surface area contributed by atoms with Crippen LogP contribution in [0, 0.1) is 0 Å². The molecule has 0 saturated carbocycles. The summed E-state index contributed by atoms with van der Waals surface area (Å²) >= 11 is 7.73. The monoisotopic (exact) mass is 301 g/mol. The lowest BCUT2D eigenvalue weighted by Crippen LogP contribution is -2.25. The van der Waals surface area contributed by atoms with Crippen molar-refractivity contribution < 1.29 is 9.90 Å². The molecule has 0 bridgehead atoms. The molecule has 0 aromatic heterocycles. The van der Waals surface area contributed by atoms with Crippen LogP contribution >= 0.6 is 28.6 Å². The molecule has 1 heterocycles. The molecule has 1 aromatic carbocycles. The number of amides is 1. The van der Waals surface area contributed by atoms with Crippen molar-refractivity contribution >= 4 is 40.2 Å². The second-order valence-electron chi connectivity index (χ2n) is 3.81. The summed E-state index contributed by atoms with van der Waals surface area (Å²) in [6.07, 6.45) is 0.471. The van der Waals surface area contributed by atoms with Crippen LogP contribution in [0.25, 0.3) is 0 Å². The van der Waals surface area contributed by atoms with Crippen LogP contribution in [0.1, 0.15) is 12.0 Å². The third-order valence-corrected chi connectivity index (χ3v) is 3.60. The summed E-state index contributed by atoms with van der Waals surface area (Å²) in [5, 5.41) is 9.17. The molecule has 1 aromatic rings. The van der Waals surface area contributed by atoms with Crippen molar-refractivity contribution in [2.45, 2.75) is 18.3 Å². The Morgan fingerprint density at radius 3 is 2.88 bits per heavy atom. The summed E-state index contributed by atoms with van der Waals surface area (Å²) < 4.78 is 0.862. The molecule has 1 saturated heterocycles. The summed E-state index contributed by atoms with van der Waals surface area (Å²) in [5.74, 6) is 0.0794. The summed E-state index contributed by atoms with van der Waals surface area (Å²) in [4.78, 5) is 13.4. The van der Waals surface area contributed by atoms with Gasteiger partial charge in [0.05, 0.1) is 12.3 Å². The van der Waals surface area contributed by atoms with E-state index in [4.69, 9.17) is 5.11 Å². The van der Waals surface area contributed by atoms with E-state index in [0.717, 1.165) is 15.7 Å². The number of nitrogens with zero attached hydrogens (tertiary/aromatic N) is 1. The number of hydrogen-bond donors (Lipinski definition) is 2. The van der Waals surface area contributed by atoms with Gasteiger partial charge in [0.1, 0.15) is 0 Å². The van der Waals surface area contributed by atoms with E-state index < -0.39 is 0 Å². The second-order valence-corrected chi connectivity index (χ2v) is 5.39. The number of aliphatic hydroxyl groups is 1. The van der Waals surface area contributed by atoms with Gasteiger partial charge in [-0.3, -0.25) is 4.79 Å². The van der Waals surface area contributed by atoms with Crippen molar-refractivity contribution in [3.05, 3.63) is 28.2 Å². The van der Waals surface area contributed by atoms with E-state index in [-0.39, 0.29) is 17.8 Å². The van der Waals surface area contributed by atoms with Gasteiger partial charge < -0.3 is 10.0 Å². The highest BCUT2D eigenvalue weighted by Gasteiger charge is 2.29. The zero-order valence-corrected chi connectivity index (χ0v) is 11.0. The number of carbonyl (C=O) groups is 1. The maximum Gasteiger partial charge on any atom is 0.228 e. The first-order chi connectivity index (χ1) is 7.61. The molecular weight excluding hydrogens is 290 g/mol. The summed E-state index contributed by atoms with van der Waals surface area (Å²) in [7, 11) is 0. The standard InChI is InChI=1S/C11H12BrNO2S/c12-9-2-1-7(6-14)3-10(9)13-5-8(16)4-11(13)15/h1-3,8,14,16H,4-6H2. The van der Waals surface area contributed by atoms with Crippen LogP contribution in [0.3, 0.4) is 0 Å². The molecule has 0 radical (unpaired) electrons. The van der Waals surface area contributed by atoms with Crippen molar-refractivity contribution in [1.82, 2.24) is 0 Å². The Balaban J connectivity index is 2.35. The van der Waals surface area contributed by atoms with E-state index in [0.29, 0.717) is 13.0 Å². The number of carbonyl (C=O) groups excluding carboxylic acids is 1. The molecule has 16 heavy (non-hydrogen) atoms. The first-order valence-electron chi connectivity index (χ1n) is 4.99. The third-order valence-electron chi connectivity index (χ3n) is 2.59. The fourth-order valence-electron chi connectivity index (χ4n) is 1.79. The first-order valence-corrected chi connectivity index (χ1v) is 6.30. The minimum absolute atomic E-state index is 0.0212. The Morgan fingerprint density at radius 1 is 1.56 bits per heavy atom. The molecule has 1 aliphatic rings. The maximum absolute atomic E-state index is 11.7. The van der Waals surface area contributed by atoms with Crippen molar-refractivity contribution in [1.29, 1.82) is 0 Å². The topological polar surface area (TPSA) is 40.5 Å². The van der Waals surface area contributed by atoms with Crippen LogP contribution in [0.4, 0.5) is 5.69 Å². The minimum Gasteiger partial charge on any atom is -0.392 e. The zero-order chi connectivity index (χ0) is 11.7. The molecule has 1 unspecified atom stereocenters. The lowest BCUT2D eigenvalue weighted by atomic mass is 10.2. The summed E-state index contributed by atoms with van der Waals surface area (Å²) in [5.41, 5.74) is 1.61. The first kappa shape index (κ1) is 12.0. The Kier molecular flexibility index (Phi) is 3.56. The Morgan fingerprint density at radius 2 is 2.31 bits per heavy atom. The van der Waals surface area contributed by atoms with Gasteiger partial charge in [0.25, 0.3) is 0 Å². The normalized spacial score (nSPS) is 20.6. The molecule has 1 atom stereocenters. The molecule has 1 N–H and O–H groups in total. The lowest BCUT2D eigenvalue weighted by molar-refractivity contribution is -0.117. The number of rotatable bonds is 2. The number of benzene rings is 1. The molecule has 5 heteroatoms. The van der Waals surface area contributed by atoms with Crippen LogP contribution in [0.5, 0.6) is 0 Å². The molecule has 1 fully saturated rings. The van der Waals surface area contributed by atoms with Gasteiger partial charge in [0.2, 0.25) is 5.91 Å². The van der Waals surface area contributed by atoms with Crippen LogP contribution in [-0.4, -0.2) is 22.8 Å². The number of anilines is 1. The molecule has 3 nitrogen and oxygen atoms in total. The predicted molar refractivity (Wildman–Crippen MR) is 69.8 cm³/mol. The van der Waals surface area contributed by atoms with Gasteiger partial charge in [0, 0.05) is 22.7 Å². The van der Waals surface area contributed by atoms with Crippen molar-refractivity contribution in [3.63, 3.8) is 0 Å². The third kappa shape index (κ3) is 2.26. The van der Waals surface area contributed by atoms with Gasteiger partial charge in [-0.1, -0.05) is 6.07 Å². The summed E-state index contributed by atoms with van der Waals surface area (Å²) in [6, 6.07) is 5.50. The fraction of sp³-hybridized carbons (Fsp3) is 0.364. The quantitative estimate of drug-likeness (QED) is 0.820. The lowest BCUT2D eigenvalue weighted by Gasteiger charge is -2.18. The van der Waals surface area contributed by atoms with Gasteiger partial charge in [-0.15, -0.1) is 0 Å². The van der Waals surface area contributed by atoms with Crippen LogP contribution < -0.4 is 4.90 Å². The molecule has 1 aliphatic heterocycles. The average Bonchev–Trinajstić information content (AvgIpc) is 2.58. The molecule has 2 rings (SSSR count). The highest BCUT2D eigenvalue weighted by Crippen LogP contribution is 2.31. The summed E-state index contributed by atoms with van der Waals surface area (Å²) in [6.45, 7) is 0.599. The molecule has 0 aliphatic carbocycles. The van der Waals surface area contributed by atoms with E-state index in [1.54, 1.807) is 4.90 Å². The van der Waals surface area contributed by atoms with E-state index in [9.17, 15) is 4.79 Å². The van der Waals surface area contributed by atoms with E-state index in [1.807, 2.05) is 18.2 Å². The van der Waals surface area contributed by atoms with Crippen LogP contribution in [-0.2, 0) is 11.4 Å². The maximum atomic E-state index is 11.7. The molecular formula is C11H12BrNO2S. The number of thiol groups is 1. The second kappa shape index (κ2) is 4.77. The molecule has 1 amide bonds. The number of hydrogen-bond acceptors (Lipinski definition) is 3. The highest BCUT2D eigenvalue weighted by molar-refractivity contribution is 9.10. The van der Waals surface area contributed by atoms with Crippen molar-refractivity contribution in [2.75, 3.05) is 11.4 Å². The Labute approximate surface area is 108 Å². The SMILES string of the molecule is O=C1CC(S)CN1c1cc(CO)ccc1Br. The smallest absolute Gasteiger partial charge is 0.228 e. The van der Waals surface area contributed by atoms with Gasteiger partial charge in [0.15, 0.2) is 0 Å². The van der Waals surface area contributed by atoms with E-state index in [2.05, 4.69) is 28.6 Å². The minimum atomic E-state index is -0.0212. The van der Waals surface area contributed by atoms with Crippen molar-refractivity contribution in [3.8, 4) is 0 Å². The Bertz CT molecular complexity index is 424. The average molecular weight is 302 g/mol. The molecule has 0 spiro atoms. The van der Waals surface area contributed by atoms with Gasteiger partial charge in [-0.2, -0.15) is 12.6 Å². The Hall–Kier alpha value is -0.520. The van der Waals surface area contributed by atoms with Crippen molar-refractivity contribution in [2.24, 2.45) is 0 Å².